The van der Waals surface area contributed by atoms with Gasteiger partial charge in [0.1, 0.15) is 34.0 Å². The molecule has 1 aliphatic heterocycles. The van der Waals surface area contributed by atoms with Crippen molar-refractivity contribution in [2.75, 3.05) is 13.8 Å². The summed E-state index contributed by atoms with van der Waals surface area (Å²) in [5.41, 5.74) is 2.46. The molecule has 1 unspecified atom stereocenters. The molecule has 29 heavy (non-hydrogen) atoms. The van der Waals surface area contributed by atoms with Gasteiger partial charge in [-0.1, -0.05) is 41.4 Å². The van der Waals surface area contributed by atoms with E-state index in [4.69, 9.17) is 13.9 Å². The molecular weight excluding hydrogens is 498 g/mol. The molecule has 0 amide bonds. The van der Waals surface area contributed by atoms with Gasteiger partial charge in [-0.05, 0) is 58.2 Å². The molecule has 0 spiro atoms. The molecule has 0 aliphatic carbocycles. The lowest BCUT2D eigenvalue weighted by Crippen LogP contribution is -2.34. The molecule has 0 fully saturated rings. The van der Waals surface area contributed by atoms with Gasteiger partial charge in [0.05, 0.1) is 7.11 Å². The van der Waals surface area contributed by atoms with Crippen molar-refractivity contribution < 1.29 is 13.9 Å². The molecule has 0 radical (unpaired) electrons. The number of halogens is 2. The number of nitrogens with zero attached hydrogens (tertiary/aromatic N) is 1. The average molecular weight is 521 g/mol. The van der Waals surface area contributed by atoms with Crippen LogP contribution in [0.15, 0.2) is 56.3 Å². The Morgan fingerprint density at radius 3 is 2.59 bits per heavy atom. The minimum atomic E-state index is -0.670. The number of fused-ring (bicyclic) bond motifs is 1. The van der Waals surface area contributed by atoms with E-state index in [-0.39, 0.29) is 0 Å². The highest BCUT2D eigenvalue weighted by atomic mass is 79.9. The van der Waals surface area contributed by atoms with Gasteiger partial charge in [0.15, 0.2) is 0 Å². The van der Waals surface area contributed by atoms with Crippen molar-refractivity contribution in [2.45, 2.75) is 38.2 Å². The molecule has 0 bridgehead atoms. The molecule has 0 N–H and O–H groups in total. The van der Waals surface area contributed by atoms with Gasteiger partial charge in [-0.25, -0.2) is 0 Å². The lowest BCUT2D eigenvalue weighted by molar-refractivity contribution is 0.0312. The van der Waals surface area contributed by atoms with Crippen molar-refractivity contribution in [3.63, 3.8) is 0 Å². The van der Waals surface area contributed by atoms with Crippen molar-refractivity contribution in [1.29, 1.82) is 0 Å². The molecule has 2 aromatic carbocycles. The Morgan fingerprint density at radius 2 is 1.93 bits per heavy atom. The van der Waals surface area contributed by atoms with E-state index in [0.717, 1.165) is 56.4 Å². The highest BCUT2D eigenvalue weighted by Crippen LogP contribution is 2.41. The third kappa shape index (κ3) is 3.90. The summed E-state index contributed by atoms with van der Waals surface area (Å²) in [7, 11) is 1.67. The number of aryl methyl sites for hydroxylation is 1. The molecule has 1 aliphatic rings. The monoisotopic (exact) mass is 519 g/mol. The molecule has 4 rings (SSSR count). The molecule has 2 heterocycles. The van der Waals surface area contributed by atoms with Crippen LogP contribution in [0.3, 0.4) is 0 Å². The van der Waals surface area contributed by atoms with Gasteiger partial charge in [0, 0.05) is 28.3 Å². The fourth-order valence-electron chi connectivity index (χ4n) is 3.83. The molecule has 1 aromatic heterocycles. The van der Waals surface area contributed by atoms with Gasteiger partial charge in [-0.3, -0.25) is 4.99 Å². The third-order valence-corrected chi connectivity index (χ3v) is 6.81. The fraction of sp³-hybridized carbons (Fsp3) is 0.348. The van der Waals surface area contributed by atoms with Crippen molar-refractivity contribution in [1.82, 2.24) is 0 Å². The molecular formula is C23H23Br2NO3. The predicted octanol–water partition coefficient (Wildman–Crippen LogP) is 6.77. The number of ether oxygens (including phenoxy) is 2. The summed E-state index contributed by atoms with van der Waals surface area (Å²) >= 11 is 7.24. The third-order valence-electron chi connectivity index (χ3n) is 5.43. The number of furan rings is 1. The first kappa shape index (κ1) is 20.6. The largest absolute Gasteiger partial charge is 0.497 e. The summed E-state index contributed by atoms with van der Waals surface area (Å²) in [6, 6.07) is 14.2. The number of hydrogen-bond donors (Lipinski definition) is 0. The van der Waals surface area contributed by atoms with E-state index in [1.807, 2.05) is 30.3 Å². The molecule has 3 aromatic rings. The zero-order valence-corrected chi connectivity index (χ0v) is 19.7. The topological polar surface area (TPSA) is 44.0 Å². The maximum atomic E-state index is 6.28. The fourth-order valence-corrected chi connectivity index (χ4v) is 4.76. The Balaban J connectivity index is 1.82. The molecule has 0 saturated carbocycles. The first-order chi connectivity index (χ1) is 14.1. The van der Waals surface area contributed by atoms with Gasteiger partial charge < -0.3 is 13.9 Å². The summed E-state index contributed by atoms with van der Waals surface area (Å²) in [6.07, 6.45) is 3.76. The van der Waals surface area contributed by atoms with Crippen LogP contribution >= 0.6 is 31.9 Å². The van der Waals surface area contributed by atoms with E-state index < -0.39 is 5.60 Å². The number of hydrogen-bond acceptors (Lipinski definition) is 4. The van der Waals surface area contributed by atoms with Gasteiger partial charge in [0.25, 0.3) is 0 Å². The van der Waals surface area contributed by atoms with E-state index in [1.54, 1.807) is 7.11 Å². The van der Waals surface area contributed by atoms with Crippen LogP contribution in [0.25, 0.3) is 11.0 Å². The second kappa shape index (κ2) is 8.62. The summed E-state index contributed by atoms with van der Waals surface area (Å²) in [5.74, 6) is 1.85. The zero-order chi connectivity index (χ0) is 20.4. The summed E-state index contributed by atoms with van der Waals surface area (Å²) in [5, 5.41) is 1.13. The van der Waals surface area contributed by atoms with Crippen LogP contribution in [-0.4, -0.2) is 18.5 Å². The number of aliphatic imine (C=N–C) groups is 1. The maximum absolute atomic E-state index is 6.28. The van der Waals surface area contributed by atoms with E-state index in [0.29, 0.717) is 13.2 Å². The number of benzene rings is 2. The molecule has 1 atom stereocenters. The number of methoxy groups -OCH3 is 1. The van der Waals surface area contributed by atoms with Crippen LogP contribution in [-0.2, 0) is 23.2 Å². The van der Waals surface area contributed by atoms with Crippen LogP contribution in [0.2, 0.25) is 0 Å². The average Bonchev–Trinajstić information content (AvgIpc) is 3.27. The normalized spacial score (nSPS) is 19.0. The standard InChI is InChI=1S/C23H23Br2NO3/c1-3-4-5-20-19(18-11-8-16(24)12-21(18)29-20)13-23(22(25)26-14-28-23)15-6-9-17(27-2)10-7-15/h6-12H,3-5,13-14H2,1-2H3. The highest BCUT2D eigenvalue weighted by molar-refractivity contribution is 9.18. The van der Waals surface area contributed by atoms with Gasteiger partial charge >= 0.3 is 0 Å². The minimum Gasteiger partial charge on any atom is -0.497 e. The molecule has 4 nitrogen and oxygen atoms in total. The van der Waals surface area contributed by atoms with Crippen molar-refractivity contribution in [3.8, 4) is 5.75 Å². The second-order valence-electron chi connectivity index (χ2n) is 7.20. The van der Waals surface area contributed by atoms with E-state index in [1.165, 1.54) is 5.56 Å². The van der Waals surface area contributed by atoms with Crippen molar-refractivity contribution in [3.05, 3.63) is 63.8 Å². The van der Waals surface area contributed by atoms with Crippen LogP contribution in [0.5, 0.6) is 5.75 Å². The Labute approximate surface area is 187 Å². The first-order valence-electron chi connectivity index (χ1n) is 9.76. The van der Waals surface area contributed by atoms with Crippen LogP contribution in [0, 0.1) is 0 Å². The highest BCUT2D eigenvalue weighted by Gasteiger charge is 2.43. The maximum Gasteiger partial charge on any atom is 0.148 e. The number of unbranched alkanes of at least 4 members (excludes halogenated alkanes) is 1. The Bertz CT molecular complexity index is 1040. The Hall–Kier alpha value is -1.63. The van der Waals surface area contributed by atoms with Gasteiger partial charge in [-0.2, -0.15) is 0 Å². The summed E-state index contributed by atoms with van der Waals surface area (Å²) < 4.78 is 19.7. The lowest BCUT2D eigenvalue weighted by Gasteiger charge is -2.29. The van der Waals surface area contributed by atoms with Crippen molar-refractivity contribution in [2.24, 2.45) is 4.99 Å². The quantitative estimate of drug-likeness (QED) is 0.345. The van der Waals surface area contributed by atoms with Crippen LogP contribution < -0.4 is 4.74 Å². The van der Waals surface area contributed by atoms with E-state index in [2.05, 4.69) is 55.9 Å². The zero-order valence-electron chi connectivity index (χ0n) is 16.5. The number of rotatable bonds is 7. The van der Waals surface area contributed by atoms with Crippen molar-refractivity contribution >= 4 is 47.5 Å². The van der Waals surface area contributed by atoms with Crippen LogP contribution in [0.1, 0.15) is 36.7 Å². The summed E-state index contributed by atoms with van der Waals surface area (Å²) in [4.78, 5) is 4.52. The second-order valence-corrected chi connectivity index (χ2v) is 8.87. The minimum absolute atomic E-state index is 0.332. The van der Waals surface area contributed by atoms with Crippen LogP contribution in [0.4, 0.5) is 0 Å². The molecule has 6 heteroatoms. The SMILES string of the molecule is CCCCc1oc2cc(Br)ccc2c1CC1(c2ccc(OC)cc2)OCN=C1Br. The summed E-state index contributed by atoms with van der Waals surface area (Å²) in [6.45, 7) is 2.53. The molecule has 152 valence electrons. The van der Waals surface area contributed by atoms with Gasteiger partial charge in [-0.15, -0.1) is 0 Å². The molecule has 0 saturated heterocycles. The Kier molecular flexibility index (Phi) is 6.13. The lowest BCUT2D eigenvalue weighted by atomic mass is 9.86. The first-order valence-corrected chi connectivity index (χ1v) is 11.3. The van der Waals surface area contributed by atoms with E-state index >= 15 is 0 Å². The smallest absolute Gasteiger partial charge is 0.148 e. The van der Waals surface area contributed by atoms with Gasteiger partial charge in [0.2, 0.25) is 0 Å². The predicted molar refractivity (Wildman–Crippen MR) is 123 cm³/mol. The Morgan fingerprint density at radius 1 is 1.14 bits per heavy atom. The van der Waals surface area contributed by atoms with E-state index in [9.17, 15) is 0 Å².